The fourth-order valence-electron chi connectivity index (χ4n) is 2.13. The van der Waals surface area contributed by atoms with E-state index in [1.54, 1.807) is 17.2 Å². The van der Waals surface area contributed by atoms with Crippen molar-refractivity contribution >= 4 is 28.5 Å². The Hall–Kier alpha value is -1.88. The summed E-state index contributed by atoms with van der Waals surface area (Å²) in [6, 6.07) is 14.9. The number of hydrogen-bond acceptors (Lipinski definition) is 2. The van der Waals surface area contributed by atoms with Gasteiger partial charge in [0.25, 0.3) is 5.91 Å². The quantitative estimate of drug-likeness (QED) is 0.609. The average molecular weight is 405 g/mol. The topological polar surface area (TPSA) is 40.5 Å². The van der Waals surface area contributed by atoms with Crippen LogP contribution in [-0.2, 0) is 13.2 Å². The second-order valence-electron chi connectivity index (χ2n) is 4.67. The maximum absolute atomic E-state index is 12.7. The van der Waals surface area contributed by atoms with Gasteiger partial charge in [-0.25, -0.2) is 0 Å². The zero-order valence-electron chi connectivity index (χ0n) is 12.0. The molecule has 2 rings (SSSR count). The first-order valence-corrected chi connectivity index (χ1v) is 7.84. The number of hydrogen-bond donors (Lipinski definition) is 1. The fraction of sp³-hybridized carbons (Fsp3) is 0.111. The molecule has 0 unspecified atom stereocenters. The van der Waals surface area contributed by atoms with Crippen molar-refractivity contribution in [1.82, 2.24) is 4.90 Å². The molecule has 0 bridgehead atoms. The van der Waals surface area contributed by atoms with Gasteiger partial charge >= 0.3 is 0 Å². The predicted molar refractivity (Wildman–Crippen MR) is 95.1 cm³/mol. The molecule has 3 nitrogen and oxygen atoms in total. The summed E-state index contributed by atoms with van der Waals surface area (Å²) in [6.45, 7) is 3.86. The van der Waals surface area contributed by atoms with E-state index in [1.165, 1.54) is 0 Å². The molecule has 0 aliphatic carbocycles. The fourth-order valence-corrected chi connectivity index (χ4v) is 2.74. The first-order valence-electron chi connectivity index (χ1n) is 6.76. The number of aliphatic hydroxyl groups is 1. The summed E-state index contributed by atoms with van der Waals surface area (Å²) in [5.74, 6) is -0.117. The van der Waals surface area contributed by atoms with Crippen LogP contribution in [0.25, 0.3) is 0 Å². The van der Waals surface area contributed by atoms with Crippen molar-refractivity contribution in [2.75, 3.05) is 0 Å². The predicted octanol–water partition coefficient (Wildman–Crippen LogP) is 3.72. The summed E-state index contributed by atoms with van der Waals surface area (Å²) in [7, 11) is 0. The van der Waals surface area contributed by atoms with Crippen molar-refractivity contribution in [2.45, 2.75) is 13.2 Å². The van der Waals surface area contributed by atoms with E-state index in [-0.39, 0.29) is 12.5 Å². The molecule has 0 heterocycles. The molecule has 0 spiro atoms. The third kappa shape index (κ3) is 3.85. The second kappa shape index (κ2) is 7.94. The van der Waals surface area contributed by atoms with E-state index in [4.69, 9.17) is 0 Å². The molecule has 0 saturated carbocycles. The molecule has 22 heavy (non-hydrogen) atoms. The van der Waals surface area contributed by atoms with Gasteiger partial charge in [-0.05, 0) is 45.9 Å². The van der Waals surface area contributed by atoms with E-state index in [2.05, 4.69) is 34.9 Å². The molecule has 0 fully saturated rings. The lowest BCUT2D eigenvalue weighted by atomic mass is 10.1. The SMILES string of the molecule is C=C=CN(Cc1ccccc1CO)C(=O)c1ccccc1I. The van der Waals surface area contributed by atoms with Gasteiger partial charge in [0.15, 0.2) is 0 Å². The zero-order valence-corrected chi connectivity index (χ0v) is 14.2. The van der Waals surface area contributed by atoms with Crippen LogP contribution in [0.3, 0.4) is 0 Å². The lowest BCUT2D eigenvalue weighted by Gasteiger charge is -2.20. The summed E-state index contributed by atoms with van der Waals surface area (Å²) in [5.41, 5.74) is 5.00. The molecule has 0 atom stereocenters. The number of carbonyl (C=O) groups excluding carboxylic acids is 1. The van der Waals surface area contributed by atoms with Gasteiger partial charge < -0.3 is 10.0 Å². The molecule has 1 N–H and O–H groups in total. The molecular weight excluding hydrogens is 389 g/mol. The highest BCUT2D eigenvalue weighted by Crippen LogP contribution is 2.18. The molecule has 0 aliphatic heterocycles. The van der Waals surface area contributed by atoms with E-state index in [0.29, 0.717) is 12.1 Å². The van der Waals surface area contributed by atoms with Crippen LogP contribution in [0.1, 0.15) is 21.5 Å². The summed E-state index contributed by atoms with van der Waals surface area (Å²) < 4.78 is 0.892. The Kier molecular flexibility index (Phi) is 5.95. The standard InChI is InChI=1S/C18H16INO2/c1-2-11-20(12-14-7-3-4-8-15(14)13-21)18(22)16-9-5-6-10-17(16)19/h3-11,21H,1,12-13H2. The highest BCUT2D eigenvalue weighted by molar-refractivity contribution is 14.1. The Labute approximate surface area is 143 Å². The van der Waals surface area contributed by atoms with Crippen LogP contribution in [0.5, 0.6) is 0 Å². The summed E-state index contributed by atoms with van der Waals surface area (Å²) in [5, 5.41) is 9.42. The third-order valence-electron chi connectivity index (χ3n) is 3.24. The Morgan fingerprint density at radius 3 is 2.45 bits per heavy atom. The minimum atomic E-state index is -0.117. The van der Waals surface area contributed by atoms with Crippen molar-refractivity contribution in [3.05, 3.63) is 87.3 Å². The average Bonchev–Trinajstić information content (AvgIpc) is 2.55. The van der Waals surface area contributed by atoms with Crippen molar-refractivity contribution in [3.63, 3.8) is 0 Å². The number of carbonyl (C=O) groups is 1. The van der Waals surface area contributed by atoms with Gasteiger partial charge in [-0.3, -0.25) is 4.79 Å². The maximum atomic E-state index is 12.7. The monoisotopic (exact) mass is 405 g/mol. The van der Waals surface area contributed by atoms with Crippen LogP contribution in [-0.4, -0.2) is 15.9 Å². The molecule has 0 radical (unpaired) electrons. The molecule has 0 saturated heterocycles. The largest absolute Gasteiger partial charge is 0.392 e. The highest BCUT2D eigenvalue weighted by Gasteiger charge is 2.17. The van der Waals surface area contributed by atoms with Gasteiger partial charge in [-0.1, -0.05) is 43.0 Å². The van der Waals surface area contributed by atoms with Crippen molar-refractivity contribution in [2.24, 2.45) is 0 Å². The van der Waals surface area contributed by atoms with Crippen molar-refractivity contribution in [1.29, 1.82) is 0 Å². The number of nitrogens with zero attached hydrogens (tertiary/aromatic N) is 1. The lowest BCUT2D eigenvalue weighted by Crippen LogP contribution is -2.26. The summed E-state index contributed by atoms with van der Waals surface area (Å²) in [4.78, 5) is 14.3. The third-order valence-corrected chi connectivity index (χ3v) is 4.18. The first-order chi connectivity index (χ1) is 10.7. The molecule has 112 valence electrons. The van der Waals surface area contributed by atoms with Gasteiger partial charge in [0.2, 0.25) is 0 Å². The van der Waals surface area contributed by atoms with E-state index in [9.17, 15) is 9.90 Å². The molecule has 2 aromatic rings. The number of aliphatic hydroxyl groups excluding tert-OH is 1. The Balaban J connectivity index is 2.33. The Morgan fingerprint density at radius 1 is 1.18 bits per heavy atom. The molecule has 2 aromatic carbocycles. The molecule has 4 heteroatoms. The zero-order chi connectivity index (χ0) is 15.9. The van der Waals surface area contributed by atoms with Gasteiger partial charge in [0.1, 0.15) is 0 Å². The van der Waals surface area contributed by atoms with Gasteiger partial charge in [-0.2, -0.15) is 0 Å². The normalized spacial score (nSPS) is 9.91. The van der Waals surface area contributed by atoms with Gasteiger partial charge in [-0.15, -0.1) is 5.73 Å². The van der Waals surface area contributed by atoms with Crippen LogP contribution < -0.4 is 0 Å². The highest BCUT2D eigenvalue weighted by atomic mass is 127. The minimum Gasteiger partial charge on any atom is -0.392 e. The molecule has 0 aliphatic rings. The van der Waals surface area contributed by atoms with E-state index < -0.39 is 0 Å². The molecule has 0 aromatic heterocycles. The van der Waals surface area contributed by atoms with Crippen LogP contribution in [0.2, 0.25) is 0 Å². The summed E-state index contributed by atoms with van der Waals surface area (Å²) in [6.07, 6.45) is 1.54. The number of halogens is 1. The molecule has 1 amide bonds. The van der Waals surface area contributed by atoms with E-state index in [0.717, 1.165) is 14.7 Å². The van der Waals surface area contributed by atoms with Gasteiger partial charge in [0, 0.05) is 9.77 Å². The number of rotatable bonds is 5. The van der Waals surface area contributed by atoms with Crippen molar-refractivity contribution in [3.8, 4) is 0 Å². The first kappa shape index (κ1) is 16.5. The van der Waals surface area contributed by atoms with Crippen molar-refractivity contribution < 1.29 is 9.90 Å². The van der Waals surface area contributed by atoms with Crippen LogP contribution in [0.15, 0.2) is 67.0 Å². The molecular formula is C18H16INO2. The smallest absolute Gasteiger partial charge is 0.259 e. The second-order valence-corrected chi connectivity index (χ2v) is 5.84. The lowest BCUT2D eigenvalue weighted by molar-refractivity contribution is 0.0812. The van der Waals surface area contributed by atoms with Gasteiger partial charge in [0.05, 0.1) is 18.7 Å². The van der Waals surface area contributed by atoms with Crippen LogP contribution in [0.4, 0.5) is 0 Å². The Bertz CT molecular complexity index is 721. The van der Waals surface area contributed by atoms with E-state index >= 15 is 0 Å². The minimum absolute atomic E-state index is 0.0567. The number of amides is 1. The van der Waals surface area contributed by atoms with Crippen LogP contribution >= 0.6 is 22.6 Å². The Morgan fingerprint density at radius 2 is 1.82 bits per heavy atom. The maximum Gasteiger partial charge on any atom is 0.259 e. The number of benzene rings is 2. The summed E-state index contributed by atoms with van der Waals surface area (Å²) >= 11 is 2.15. The van der Waals surface area contributed by atoms with Crippen LogP contribution in [0, 0.1) is 3.57 Å². The van der Waals surface area contributed by atoms with E-state index in [1.807, 2.05) is 42.5 Å².